The zero-order chi connectivity index (χ0) is 15.0. The van der Waals surface area contributed by atoms with Gasteiger partial charge in [0.25, 0.3) is 0 Å². The number of anilines is 2. The van der Waals surface area contributed by atoms with Crippen LogP contribution in [0.2, 0.25) is 0 Å². The Morgan fingerprint density at radius 2 is 2.15 bits per heavy atom. The van der Waals surface area contributed by atoms with Gasteiger partial charge in [0.15, 0.2) is 5.82 Å². The van der Waals surface area contributed by atoms with Gasteiger partial charge in [-0.25, -0.2) is 9.97 Å². The maximum absolute atomic E-state index is 11.7. The second-order valence-corrected chi connectivity index (χ2v) is 4.18. The van der Waals surface area contributed by atoms with E-state index >= 15 is 0 Å². The molecule has 0 saturated heterocycles. The first-order valence-electron chi connectivity index (χ1n) is 6.70. The molecule has 7 nitrogen and oxygen atoms in total. The lowest BCUT2D eigenvalue weighted by Crippen LogP contribution is -2.37. The lowest BCUT2D eigenvalue weighted by atomic mass is 10.4. The maximum Gasteiger partial charge on any atom is 0.239 e. The molecule has 0 aromatic carbocycles. The molecule has 0 bridgehead atoms. The smallest absolute Gasteiger partial charge is 0.239 e. The highest BCUT2D eigenvalue weighted by molar-refractivity contribution is 5.81. The van der Waals surface area contributed by atoms with Crippen LogP contribution in [0, 0.1) is 0 Å². The molecule has 0 fully saturated rings. The third-order valence-corrected chi connectivity index (χ3v) is 2.70. The molecule has 0 atom stereocenters. The minimum Gasteiger partial charge on any atom is -0.377 e. The number of nitrogens with one attached hydrogen (secondary N) is 2. The van der Waals surface area contributed by atoms with E-state index in [9.17, 15) is 4.79 Å². The number of likely N-dealkylation sites (N-methyl/N-ethyl adjacent to an activating group) is 2. The van der Waals surface area contributed by atoms with Crippen LogP contribution in [0.4, 0.5) is 11.6 Å². The lowest BCUT2D eigenvalue weighted by molar-refractivity contribution is -0.119. The number of carbonyl (C=O) groups is 1. The highest BCUT2D eigenvalue weighted by atomic mass is 16.5. The second-order valence-electron chi connectivity index (χ2n) is 4.18. The predicted octanol–water partition coefficient (Wildman–Crippen LogP) is 0.627. The lowest BCUT2D eigenvalue weighted by Gasteiger charge is -2.22. The van der Waals surface area contributed by atoms with E-state index < -0.39 is 0 Å². The Hall–Kier alpha value is -1.89. The molecule has 7 heteroatoms. The van der Waals surface area contributed by atoms with Crippen LogP contribution in [0.3, 0.4) is 0 Å². The number of hydrogen-bond acceptors (Lipinski definition) is 6. The fourth-order valence-corrected chi connectivity index (χ4v) is 1.75. The quantitative estimate of drug-likeness (QED) is 0.727. The van der Waals surface area contributed by atoms with Crippen LogP contribution < -0.4 is 15.5 Å². The van der Waals surface area contributed by atoms with Crippen molar-refractivity contribution in [2.24, 2.45) is 0 Å². The zero-order valence-corrected chi connectivity index (χ0v) is 12.6. The van der Waals surface area contributed by atoms with Crippen LogP contribution in [0.1, 0.15) is 19.7 Å². The Labute approximate surface area is 119 Å². The summed E-state index contributed by atoms with van der Waals surface area (Å²) in [6.45, 7) is 5.80. The number of hydrogen-bond donors (Lipinski definition) is 2. The van der Waals surface area contributed by atoms with Gasteiger partial charge in [0.1, 0.15) is 18.2 Å². The van der Waals surface area contributed by atoms with Crippen molar-refractivity contribution in [2.45, 2.75) is 20.5 Å². The van der Waals surface area contributed by atoms with Crippen molar-refractivity contribution in [3.63, 3.8) is 0 Å². The van der Waals surface area contributed by atoms with Crippen LogP contribution in [-0.2, 0) is 16.1 Å². The van der Waals surface area contributed by atoms with Gasteiger partial charge in [-0.2, -0.15) is 0 Å². The number of nitrogens with zero attached hydrogens (tertiary/aromatic N) is 3. The largest absolute Gasteiger partial charge is 0.377 e. The van der Waals surface area contributed by atoms with E-state index in [-0.39, 0.29) is 12.5 Å². The normalized spacial score (nSPS) is 10.2. The summed E-state index contributed by atoms with van der Waals surface area (Å²) in [4.78, 5) is 22.3. The molecule has 1 heterocycles. The van der Waals surface area contributed by atoms with Gasteiger partial charge in [0.05, 0.1) is 6.54 Å². The van der Waals surface area contributed by atoms with Crippen molar-refractivity contribution >= 4 is 17.5 Å². The molecule has 20 heavy (non-hydrogen) atoms. The highest BCUT2D eigenvalue weighted by Gasteiger charge is 2.13. The number of aromatic nitrogens is 2. The number of amides is 1. The van der Waals surface area contributed by atoms with E-state index in [1.54, 1.807) is 14.2 Å². The van der Waals surface area contributed by atoms with E-state index in [0.717, 1.165) is 0 Å². The van der Waals surface area contributed by atoms with Gasteiger partial charge in [0, 0.05) is 33.3 Å². The SMILES string of the molecule is CCNC(=O)CN(CC)c1cc(NC)nc(COC)n1. The second kappa shape index (κ2) is 8.31. The number of rotatable bonds is 8. The van der Waals surface area contributed by atoms with E-state index in [2.05, 4.69) is 20.6 Å². The maximum atomic E-state index is 11.7. The van der Waals surface area contributed by atoms with Crippen molar-refractivity contribution < 1.29 is 9.53 Å². The summed E-state index contributed by atoms with van der Waals surface area (Å²) in [5.74, 6) is 1.98. The van der Waals surface area contributed by atoms with Crippen molar-refractivity contribution in [3.8, 4) is 0 Å². The van der Waals surface area contributed by atoms with E-state index in [1.807, 2.05) is 24.8 Å². The summed E-state index contributed by atoms with van der Waals surface area (Å²) in [6, 6.07) is 1.82. The van der Waals surface area contributed by atoms with Crippen molar-refractivity contribution in [1.29, 1.82) is 0 Å². The third-order valence-electron chi connectivity index (χ3n) is 2.70. The Kier molecular flexibility index (Phi) is 6.72. The molecule has 0 aliphatic heterocycles. The summed E-state index contributed by atoms with van der Waals surface area (Å²) < 4.78 is 5.06. The first-order valence-corrected chi connectivity index (χ1v) is 6.70. The van der Waals surface area contributed by atoms with Crippen molar-refractivity contribution in [2.75, 3.05) is 44.0 Å². The molecule has 0 saturated carbocycles. The molecule has 1 aromatic heterocycles. The number of carbonyl (C=O) groups excluding carboxylic acids is 1. The molecule has 1 rings (SSSR count). The van der Waals surface area contributed by atoms with Crippen LogP contribution in [-0.4, -0.2) is 49.7 Å². The van der Waals surface area contributed by atoms with Gasteiger partial charge in [-0.15, -0.1) is 0 Å². The fraction of sp³-hybridized carbons (Fsp3) is 0.615. The monoisotopic (exact) mass is 281 g/mol. The van der Waals surface area contributed by atoms with Gasteiger partial charge in [-0.3, -0.25) is 4.79 Å². The van der Waals surface area contributed by atoms with Gasteiger partial charge < -0.3 is 20.3 Å². The van der Waals surface area contributed by atoms with Gasteiger partial charge >= 0.3 is 0 Å². The third kappa shape index (κ3) is 4.65. The fourth-order valence-electron chi connectivity index (χ4n) is 1.75. The summed E-state index contributed by atoms with van der Waals surface area (Å²) >= 11 is 0. The molecule has 112 valence electrons. The number of methoxy groups -OCH3 is 1. The van der Waals surface area contributed by atoms with Gasteiger partial charge in [-0.05, 0) is 13.8 Å². The van der Waals surface area contributed by atoms with E-state index in [1.165, 1.54) is 0 Å². The van der Waals surface area contributed by atoms with Crippen molar-refractivity contribution in [3.05, 3.63) is 11.9 Å². The van der Waals surface area contributed by atoms with Crippen LogP contribution >= 0.6 is 0 Å². The molecule has 0 unspecified atom stereocenters. The summed E-state index contributed by atoms with van der Waals surface area (Å²) in [5, 5.41) is 5.77. The molecular weight excluding hydrogens is 258 g/mol. The predicted molar refractivity (Wildman–Crippen MR) is 78.9 cm³/mol. The summed E-state index contributed by atoms with van der Waals surface area (Å²) in [5.41, 5.74) is 0. The first kappa shape index (κ1) is 16.2. The van der Waals surface area contributed by atoms with Gasteiger partial charge in [-0.1, -0.05) is 0 Å². The zero-order valence-electron chi connectivity index (χ0n) is 12.6. The summed E-state index contributed by atoms with van der Waals surface area (Å²) in [7, 11) is 3.39. The van der Waals surface area contributed by atoms with Crippen LogP contribution in [0.5, 0.6) is 0 Å². The number of ether oxygens (including phenoxy) is 1. The Morgan fingerprint density at radius 1 is 1.40 bits per heavy atom. The first-order chi connectivity index (χ1) is 9.64. The minimum atomic E-state index is -0.0211. The molecule has 0 aliphatic carbocycles. The molecule has 0 aliphatic rings. The summed E-state index contributed by atoms with van der Waals surface area (Å²) in [6.07, 6.45) is 0. The van der Waals surface area contributed by atoms with E-state index in [0.29, 0.717) is 37.2 Å². The van der Waals surface area contributed by atoms with Crippen LogP contribution in [0.15, 0.2) is 6.07 Å². The highest BCUT2D eigenvalue weighted by Crippen LogP contribution is 2.16. The van der Waals surface area contributed by atoms with Crippen molar-refractivity contribution in [1.82, 2.24) is 15.3 Å². The molecule has 2 N–H and O–H groups in total. The Balaban J connectivity index is 2.95. The molecule has 0 spiro atoms. The van der Waals surface area contributed by atoms with E-state index in [4.69, 9.17) is 4.74 Å². The Morgan fingerprint density at radius 3 is 2.70 bits per heavy atom. The molecular formula is C13H23N5O2. The van der Waals surface area contributed by atoms with Crippen LogP contribution in [0.25, 0.3) is 0 Å². The topological polar surface area (TPSA) is 79.4 Å². The molecule has 1 aromatic rings. The standard InChI is InChI=1S/C13H23N5O2/c1-5-15-13(19)8-18(6-2)12-7-10(14-3)16-11(17-12)9-20-4/h7H,5-6,8-9H2,1-4H3,(H,15,19)(H,14,16,17). The van der Waals surface area contributed by atoms with Gasteiger partial charge in [0.2, 0.25) is 5.91 Å². The minimum absolute atomic E-state index is 0.0211. The average Bonchev–Trinajstić information content (AvgIpc) is 2.45. The molecule has 1 amide bonds. The average molecular weight is 281 g/mol. The molecule has 0 radical (unpaired) electrons. The Bertz CT molecular complexity index is 439.